The number of esters is 1. The Morgan fingerprint density at radius 2 is 1.95 bits per heavy atom. The molecule has 0 radical (unpaired) electrons. The molecule has 0 saturated heterocycles. The van der Waals surface area contributed by atoms with Crippen molar-refractivity contribution in [3.05, 3.63) is 52.8 Å². The van der Waals surface area contributed by atoms with Gasteiger partial charge >= 0.3 is 5.97 Å². The lowest BCUT2D eigenvalue weighted by atomic mass is 10.0. The van der Waals surface area contributed by atoms with Crippen molar-refractivity contribution in [1.82, 2.24) is 0 Å². The largest absolute Gasteiger partial charge is 0.508 e. The van der Waals surface area contributed by atoms with Crippen molar-refractivity contribution in [2.75, 3.05) is 7.11 Å². The van der Waals surface area contributed by atoms with Crippen LogP contribution in [0.4, 0.5) is 4.39 Å². The lowest BCUT2D eigenvalue weighted by Gasteiger charge is -2.07. The Morgan fingerprint density at radius 1 is 1.21 bits per heavy atom. The van der Waals surface area contributed by atoms with E-state index in [0.717, 1.165) is 6.07 Å². The lowest BCUT2D eigenvalue weighted by Crippen LogP contribution is -2.02. The third kappa shape index (κ3) is 2.85. The summed E-state index contributed by atoms with van der Waals surface area (Å²) in [5.41, 5.74) is 1.18. The van der Waals surface area contributed by atoms with Crippen LogP contribution in [0.1, 0.15) is 10.4 Å². The van der Waals surface area contributed by atoms with Crippen LogP contribution in [0, 0.1) is 5.82 Å². The van der Waals surface area contributed by atoms with E-state index in [-0.39, 0.29) is 16.3 Å². The van der Waals surface area contributed by atoms with Crippen LogP contribution < -0.4 is 0 Å². The fraction of sp³-hybridized carbons (Fsp3) is 0.0714. The molecule has 0 unspecified atom stereocenters. The third-order valence-electron chi connectivity index (χ3n) is 2.59. The van der Waals surface area contributed by atoms with Crippen LogP contribution >= 0.6 is 11.6 Å². The highest BCUT2D eigenvalue weighted by Crippen LogP contribution is 2.28. The highest BCUT2D eigenvalue weighted by atomic mass is 35.5. The van der Waals surface area contributed by atoms with Crippen LogP contribution in [0.3, 0.4) is 0 Å². The van der Waals surface area contributed by atoms with E-state index in [1.54, 1.807) is 6.07 Å². The van der Waals surface area contributed by atoms with Gasteiger partial charge < -0.3 is 9.84 Å². The first kappa shape index (κ1) is 13.4. The third-order valence-corrected chi connectivity index (χ3v) is 2.92. The minimum absolute atomic E-state index is 0.186. The van der Waals surface area contributed by atoms with E-state index >= 15 is 0 Å². The molecular weight excluding hydrogens is 271 g/mol. The zero-order valence-corrected chi connectivity index (χ0v) is 10.7. The Bertz CT molecular complexity index is 620. The number of ether oxygens (including phenoxy) is 1. The number of carbonyl (C=O) groups is 1. The highest BCUT2D eigenvalue weighted by Gasteiger charge is 2.12. The fourth-order valence-corrected chi connectivity index (χ4v) is 1.91. The fourth-order valence-electron chi connectivity index (χ4n) is 1.71. The van der Waals surface area contributed by atoms with E-state index in [4.69, 9.17) is 11.6 Å². The Morgan fingerprint density at radius 3 is 2.58 bits per heavy atom. The monoisotopic (exact) mass is 280 g/mol. The molecule has 19 heavy (non-hydrogen) atoms. The number of rotatable bonds is 2. The van der Waals surface area contributed by atoms with Crippen LogP contribution in [0.5, 0.6) is 5.75 Å². The van der Waals surface area contributed by atoms with E-state index in [0.29, 0.717) is 11.1 Å². The van der Waals surface area contributed by atoms with Gasteiger partial charge in [-0.2, -0.15) is 0 Å². The summed E-state index contributed by atoms with van der Waals surface area (Å²) in [5, 5.41) is 9.62. The number of phenols is 1. The number of hydrogen-bond donors (Lipinski definition) is 1. The molecule has 0 fully saturated rings. The summed E-state index contributed by atoms with van der Waals surface area (Å²) in [7, 11) is 1.25. The van der Waals surface area contributed by atoms with Crippen LogP contribution in [0.15, 0.2) is 36.4 Å². The number of hydrogen-bond acceptors (Lipinski definition) is 3. The first-order chi connectivity index (χ1) is 9.01. The molecule has 0 amide bonds. The van der Waals surface area contributed by atoms with Gasteiger partial charge in [0.15, 0.2) is 0 Å². The topological polar surface area (TPSA) is 46.5 Å². The molecule has 0 aliphatic carbocycles. The van der Waals surface area contributed by atoms with Gasteiger partial charge in [-0.05, 0) is 35.4 Å². The predicted octanol–water partition coefficient (Wildman–Crippen LogP) is 3.64. The molecule has 0 spiro atoms. The average molecular weight is 281 g/mol. The second-order valence-electron chi connectivity index (χ2n) is 3.88. The standard InChI is InChI=1S/C14H10ClFO3/c1-19-14(18)12-6-8(2-3-13(12)15)9-4-10(16)7-11(17)5-9/h2-7,17H,1H3. The molecule has 2 rings (SSSR count). The molecule has 0 atom stereocenters. The van der Waals surface area contributed by atoms with Crippen LogP contribution in [0.2, 0.25) is 5.02 Å². The van der Waals surface area contributed by atoms with Crippen LogP contribution in [-0.4, -0.2) is 18.2 Å². The average Bonchev–Trinajstić information content (AvgIpc) is 2.37. The van der Waals surface area contributed by atoms with Gasteiger partial charge in [0.05, 0.1) is 17.7 Å². The zero-order valence-electron chi connectivity index (χ0n) is 9.98. The highest BCUT2D eigenvalue weighted by molar-refractivity contribution is 6.33. The van der Waals surface area contributed by atoms with Gasteiger partial charge in [-0.25, -0.2) is 9.18 Å². The summed E-state index contributed by atoms with van der Waals surface area (Å²) in [6.07, 6.45) is 0. The van der Waals surface area contributed by atoms with Crippen molar-refractivity contribution in [2.45, 2.75) is 0 Å². The van der Waals surface area contributed by atoms with Gasteiger partial charge in [-0.3, -0.25) is 0 Å². The predicted molar refractivity (Wildman–Crippen MR) is 69.9 cm³/mol. The van der Waals surface area contributed by atoms with Gasteiger partial charge in [0, 0.05) is 6.07 Å². The molecule has 3 nitrogen and oxygen atoms in total. The van der Waals surface area contributed by atoms with E-state index in [9.17, 15) is 14.3 Å². The molecule has 1 N–H and O–H groups in total. The van der Waals surface area contributed by atoms with Gasteiger partial charge in [0.2, 0.25) is 0 Å². The molecule has 2 aromatic rings. The van der Waals surface area contributed by atoms with E-state index < -0.39 is 11.8 Å². The molecule has 5 heteroatoms. The molecule has 0 saturated carbocycles. The summed E-state index contributed by atoms with van der Waals surface area (Å²) < 4.78 is 17.8. The van der Waals surface area contributed by atoms with E-state index in [1.165, 1.54) is 31.4 Å². The summed E-state index contributed by atoms with van der Waals surface area (Å²) >= 11 is 5.90. The second kappa shape index (κ2) is 5.28. The van der Waals surface area contributed by atoms with E-state index in [1.807, 2.05) is 0 Å². The lowest BCUT2D eigenvalue weighted by molar-refractivity contribution is 0.0601. The van der Waals surface area contributed by atoms with Crippen molar-refractivity contribution in [1.29, 1.82) is 0 Å². The minimum atomic E-state index is -0.576. The molecule has 0 heterocycles. The molecule has 98 valence electrons. The maximum atomic E-state index is 13.2. The van der Waals surface area contributed by atoms with Crippen molar-refractivity contribution >= 4 is 17.6 Å². The molecule has 0 bridgehead atoms. The summed E-state index contributed by atoms with van der Waals surface area (Å²) in [6.45, 7) is 0. The first-order valence-electron chi connectivity index (χ1n) is 5.39. The summed E-state index contributed by atoms with van der Waals surface area (Å²) in [6, 6.07) is 8.29. The Labute approximate surface area is 114 Å². The normalized spacial score (nSPS) is 10.3. The van der Waals surface area contributed by atoms with E-state index in [2.05, 4.69) is 4.74 Å². The molecular formula is C14H10ClFO3. The second-order valence-corrected chi connectivity index (χ2v) is 4.29. The number of aromatic hydroxyl groups is 1. The smallest absolute Gasteiger partial charge is 0.339 e. The van der Waals surface area contributed by atoms with Crippen LogP contribution in [-0.2, 0) is 4.74 Å². The number of halogens is 2. The summed E-state index contributed by atoms with van der Waals surface area (Å²) in [5.74, 6) is -1.33. The maximum Gasteiger partial charge on any atom is 0.339 e. The van der Waals surface area contributed by atoms with Gasteiger partial charge in [0.1, 0.15) is 11.6 Å². The molecule has 0 aliphatic rings. The van der Waals surface area contributed by atoms with Gasteiger partial charge in [-0.1, -0.05) is 17.7 Å². The van der Waals surface area contributed by atoms with Gasteiger partial charge in [0.25, 0.3) is 0 Å². The molecule has 2 aromatic carbocycles. The summed E-state index contributed by atoms with van der Waals surface area (Å²) in [4.78, 5) is 11.5. The number of phenolic OH excluding ortho intramolecular Hbond substituents is 1. The molecule has 0 aliphatic heterocycles. The quantitative estimate of drug-likeness (QED) is 0.854. The van der Waals surface area contributed by atoms with Crippen LogP contribution in [0.25, 0.3) is 11.1 Å². The maximum absolute atomic E-state index is 13.2. The van der Waals surface area contributed by atoms with Gasteiger partial charge in [-0.15, -0.1) is 0 Å². The first-order valence-corrected chi connectivity index (χ1v) is 5.77. The number of methoxy groups -OCH3 is 1. The Hall–Kier alpha value is -2.07. The Balaban J connectivity index is 2.54. The van der Waals surface area contributed by atoms with Crippen molar-refractivity contribution < 1.29 is 19.0 Å². The molecule has 0 aromatic heterocycles. The number of benzene rings is 2. The van der Waals surface area contributed by atoms with Crippen molar-refractivity contribution in [3.8, 4) is 16.9 Å². The Kier molecular flexibility index (Phi) is 3.71. The number of carbonyl (C=O) groups excluding carboxylic acids is 1. The van der Waals surface area contributed by atoms with Crippen molar-refractivity contribution in [2.24, 2.45) is 0 Å². The minimum Gasteiger partial charge on any atom is -0.508 e. The SMILES string of the molecule is COC(=O)c1cc(-c2cc(O)cc(F)c2)ccc1Cl. The van der Waals surface area contributed by atoms with Crippen molar-refractivity contribution in [3.63, 3.8) is 0 Å². The zero-order chi connectivity index (χ0) is 14.0.